The Balaban J connectivity index is 1.56. The number of nitrogens with one attached hydrogen (secondary N) is 2. The topological polar surface area (TPSA) is 174 Å². The van der Waals surface area contributed by atoms with Gasteiger partial charge in [-0.1, -0.05) is 78.9 Å². The summed E-state index contributed by atoms with van der Waals surface area (Å²) in [5.74, 6) is -3.25. The molecule has 3 aromatic carbocycles. The summed E-state index contributed by atoms with van der Waals surface area (Å²) in [6, 6.07) is 25.1. The maximum absolute atomic E-state index is 12.8. The van der Waals surface area contributed by atoms with Crippen molar-refractivity contribution in [2.75, 3.05) is 13.2 Å². The van der Waals surface area contributed by atoms with Crippen molar-refractivity contribution in [2.24, 2.45) is 11.5 Å². The highest BCUT2D eigenvalue weighted by molar-refractivity contribution is 5.91. The molecule has 3 amide bonds. The molecular weight excluding hydrogens is 524 g/mol. The molecule has 7 N–H and O–H groups in total. The number of carbonyl (C=O) groups excluding carboxylic acids is 3. The van der Waals surface area contributed by atoms with E-state index in [2.05, 4.69) is 47.0 Å². The summed E-state index contributed by atoms with van der Waals surface area (Å²) >= 11 is 0. The van der Waals surface area contributed by atoms with Gasteiger partial charge in [-0.3, -0.25) is 19.2 Å². The lowest BCUT2D eigenvalue weighted by Crippen LogP contribution is -2.54. The first-order valence-electron chi connectivity index (χ1n) is 13.4. The number of carbonyl (C=O) groups is 4. The number of carboxylic acid groups (broad SMARTS) is 1. The SMILES string of the molecule is NCCCO[C@H](NC(=O)[C@H](CCC(=O)O)NC(=O)CCc1ccc(-c2ccc(-c3ccccc3)cc2)cc1)C(N)=O. The average molecular weight is 561 g/mol. The van der Waals surface area contributed by atoms with Gasteiger partial charge in [-0.2, -0.15) is 0 Å². The number of aryl methyl sites for hydroxylation is 1. The van der Waals surface area contributed by atoms with E-state index in [-0.39, 0.29) is 25.9 Å². The monoisotopic (exact) mass is 560 g/mol. The zero-order chi connectivity index (χ0) is 29.6. The molecule has 41 heavy (non-hydrogen) atoms. The maximum atomic E-state index is 12.8. The minimum absolute atomic E-state index is 0.0776. The van der Waals surface area contributed by atoms with Crippen LogP contribution in [-0.2, 0) is 30.3 Å². The Morgan fingerprint density at radius 1 is 0.780 bits per heavy atom. The Morgan fingerprint density at radius 2 is 1.34 bits per heavy atom. The molecule has 0 aliphatic heterocycles. The van der Waals surface area contributed by atoms with Crippen LogP contribution in [0.3, 0.4) is 0 Å². The predicted octanol–water partition coefficient (Wildman–Crippen LogP) is 2.60. The lowest BCUT2D eigenvalue weighted by atomic mass is 9.99. The number of hydrogen-bond donors (Lipinski definition) is 5. The molecule has 0 bridgehead atoms. The van der Waals surface area contributed by atoms with E-state index in [0.29, 0.717) is 19.4 Å². The van der Waals surface area contributed by atoms with Crippen LogP contribution in [0, 0.1) is 0 Å². The number of rotatable bonds is 16. The second-order valence-corrected chi connectivity index (χ2v) is 9.50. The lowest BCUT2D eigenvalue weighted by molar-refractivity contribution is -0.141. The molecule has 0 saturated carbocycles. The van der Waals surface area contributed by atoms with E-state index < -0.39 is 36.0 Å². The number of benzene rings is 3. The summed E-state index contributed by atoms with van der Waals surface area (Å²) in [4.78, 5) is 48.2. The molecule has 216 valence electrons. The van der Waals surface area contributed by atoms with Gasteiger partial charge in [0.25, 0.3) is 5.91 Å². The minimum atomic E-state index is -1.42. The first kappa shape index (κ1) is 31.0. The first-order chi connectivity index (χ1) is 19.8. The van der Waals surface area contributed by atoms with Gasteiger partial charge in [0, 0.05) is 12.8 Å². The average Bonchev–Trinajstić information content (AvgIpc) is 2.98. The van der Waals surface area contributed by atoms with E-state index in [1.54, 1.807) is 0 Å². The third-order valence-corrected chi connectivity index (χ3v) is 6.38. The van der Waals surface area contributed by atoms with Crippen LogP contribution in [0.5, 0.6) is 0 Å². The molecule has 3 aromatic rings. The molecule has 0 saturated heterocycles. The van der Waals surface area contributed by atoms with E-state index >= 15 is 0 Å². The summed E-state index contributed by atoms with van der Waals surface area (Å²) in [5, 5.41) is 14.0. The lowest BCUT2D eigenvalue weighted by Gasteiger charge is -2.22. The molecule has 0 aliphatic rings. The molecule has 10 heteroatoms. The zero-order valence-corrected chi connectivity index (χ0v) is 22.8. The van der Waals surface area contributed by atoms with Crippen LogP contribution in [0.2, 0.25) is 0 Å². The van der Waals surface area contributed by atoms with Gasteiger partial charge >= 0.3 is 5.97 Å². The molecule has 0 aliphatic carbocycles. The van der Waals surface area contributed by atoms with E-state index in [1.807, 2.05) is 42.5 Å². The third-order valence-electron chi connectivity index (χ3n) is 6.38. The number of nitrogens with two attached hydrogens (primary N) is 2. The quantitative estimate of drug-likeness (QED) is 0.132. The molecule has 0 heterocycles. The Bertz CT molecular complexity index is 1300. The van der Waals surface area contributed by atoms with Crippen LogP contribution in [-0.4, -0.2) is 54.2 Å². The Hall–Kier alpha value is -4.54. The van der Waals surface area contributed by atoms with E-state index in [0.717, 1.165) is 27.8 Å². The number of primary amides is 1. The van der Waals surface area contributed by atoms with E-state index in [4.69, 9.17) is 21.3 Å². The van der Waals surface area contributed by atoms with Gasteiger partial charge in [0.1, 0.15) is 6.04 Å². The molecule has 2 atom stereocenters. The van der Waals surface area contributed by atoms with Gasteiger partial charge < -0.3 is 31.9 Å². The van der Waals surface area contributed by atoms with Crippen LogP contribution < -0.4 is 22.1 Å². The third kappa shape index (κ3) is 10.2. The summed E-state index contributed by atoms with van der Waals surface area (Å²) < 4.78 is 5.25. The summed E-state index contributed by atoms with van der Waals surface area (Å²) in [6.45, 7) is 0.412. The molecule has 10 nitrogen and oxygen atoms in total. The minimum Gasteiger partial charge on any atom is -0.481 e. The van der Waals surface area contributed by atoms with Crippen molar-refractivity contribution >= 4 is 23.7 Å². The molecule has 3 rings (SSSR count). The summed E-state index contributed by atoms with van der Waals surface area (Å²) in [5.41, 5.74) is 16.0. The molecule has 0 spiro atoms. The summed E-state index contributed by atoms with van der Waals surface area (Å²) in [6.07, 6.45) is -1.01. The highest BCUT2D eigenvalue weighted by Gasteiger charge is 2.26. The predicted molar refractivity (Wildman–Crippen MR) is 155 cm³/mol. The number of ether oxygens (including phenoxy) is 1. The molecule has 0 unspecified atom stereocenters. The normalized spacial score (nSPS) is 12.2. The smallest absolute Gasteiger partial charge is 0.303 e. The van der Waals surface area contributed by atoms with E-state index in [9.17, 15) is 19.2 Å². The standard InChI is InChI=1S/C31H36N4O6/c32-19-4-20-41-31(29(33)39)35-30(40)26(16-18-28(37)38)34-27(36)17-9-21-7-10-23(11-8-21)25-14-12-24(13-15-25)22-5-2-1-3-6-22/h1-3,5-8,10-15,26,31H,4,9,16-20,32H2,(H2,33,39)(H,34,36)(H,35,40)(H,37,38)/t26-,31-/m0/s1. The number of carboxylic acids is 1. The van der Waals surface area contributed by atoms with Crippen molar-refractivity contribution in [3.63, 3.8) is 0 Å². The van der Waals surface area contributed by atoms with Crippen LogP contribution in [0.1, 0.15) is 31.2 Å². The largest absolute Gasteiger partial charge is 0.481 e. The fraction of sp³-hybridized carbons (Fsp3) is 0.290. The fourth-order valence-electron chi connectivity index (χ4n) is 4.12. The van der Waals surface area contributed by atoms with E-state index in [1.165, 1.54) is 0 Å². The Morgan fingerprint density at radius 3 is 1.88 bits per heavy atom. The molecule has 0 aromatic heterocycles. The van der Waals surface area contributed by atoms with Gasteiger partial charge in [0.05, 0.1) is 6.61 Å². The zero-order valence-electron chi connectivity index (χ0n) is 22.8. The van der Waals surface area contributed by atoms with Crippen molar-refractivity contribution in [2.45, 2.75) is 44.4 Å². The van der Waals surface area contributed by atoms with Crippen LogP contribution in [0.15, 0.2) is 78.9 Å². The molecular formula is C31H36N4O6. The maximum Gasteiger partial charge on any atom is 0.303 e. The van der Waals surface area contributed by atoms with Crippen molar-refractivity contribution < 1.29 is 29.0 Å². The van der Waals surface area contributed by atoms with Crippen LogP contribution >= 0.6 is 0 Å². The second-order valence-electron chi connectivity index (χ2n) is 9.50. The Labute approximate surface area is 239 Å². The molecule has 0 fully saturated rings. The highest BCUT2D eigenvalue weighted by Crippen LogP contribution is 2.25. The van der Waals surface area contributed by atoms with Gasteiger partial charge in [0.15, 0.2) is 0 Å². The van der Waals surface area contributed by atoms with Crippen molar-refractivity contribution in [3.8, 4) is 22.3 Å². The van der Waals surface area contributed by atoms with Gasteiger partial charge in [0.2, 0.25) is 18.0 Å². The second kappa shape index (κ2) is 15.9. The fourth-order valence-corrected chi connectivity index (χ4v) is 4.12. The van der Waals surface area contributed by atoms with Crippen molar-refractivity contribution in [1.29, 1.82) is 0 Å². The van der Waals surface area contributed by atoms with Gasteiger partial charge in [-0.15, -0.1) is 0 Å². The Kier molecular flexibility index (Phi) is 12.0. The number of amides is 3. The summed E-state index contributed by atoms with van der Waals surface area (Å²) in [7, 11) is 0. The highest BCUT2D eigenvalue weighted by atomic mass is 16.5. The van der Waals surface area contributed by atoms with Gasteiger partial charge in [-0.25, -0.2) is 0 Å². The van der Waals surface area contributed by atoms with Crippen molar-refractivity contribution in [3.05, 3.63) is 84.4 Å². The van der Waals surface area contributed by atoms with Gasteiger partial charge in [-0.05, 0) is 53.6 Å². The van der Waals surface area contributed by atoms with Crippen LogP contribution in [0.4, 0.5) is 0 Å². The molecule has 0 radical (unpaired) electrons. The number of aliphatic carboxylic acids is 1. The van der Waals surface area contributed by atoms with Crippen molar-refractivity contribution in [1.82, 2.24) is 10.6 Å². The van der Waals surface area contributed by atoms with Crippen LogP contribution in [0.25, 0.3) is 22.3 Å². The first-order valence-corrected chi connectivity index (χ1v) is 13.4. The number of hydrogen-bond acceptors (Lipinski definition) is 6.